The molecule has 0 fully saturated rings. The first-order valence-corrected chi connectivity index (χ1v) is 3.43. The highest BCUT2D eigenvalue weighted by atomic mass is 19.1. The number of ether oxygens (including phenoxy) is 1. The van der Waals surface area contributed by atoms with Crippen LogP contribution in [0.1, 0.15) is 0 Å². The summed E-state index contributed by atoms with van der Waals surface area (Å²) in [5, 5.41) is 5.17. The lowest BCUT2D eigenvalue weighted by Crippen LogP contribution is -2.49. The SMILES string of the molecule is NC(=[NH2+])COc1ccc(F)cc1. The van der Waals surface area contributed by atoms with E-state index in [2.05, 4.69) is 0 Å². The molecule has 0 spiro atoms. The number of amidine groups is 1. The van der Waals surface area contributed by atoms with Crippen molar-refractivity contribution in [2.24, 2.45) is 5.73 Å². The summed E-state index contributed by atoms with van der Waals surface area (Å²) < 4.78 is 17.4. The Morgan fingerprint density at radius 1 is 1.42 bits per heavy atom. The molecule has 0 aliphatic rings. The maximum Gasteiger partial charge on any atom is 0.276 e. The highest BCUT2D eigenvalue weighted by Gasteiger charge is 1.97. The Morgan fingerprint density at radius 2 is 2.00 bits per heavy atom. The summed E-state index contributed by atoms with van der Waals surface area (Å²) in [6.45, 7) is 0.144. The molecule has 4 heteroatoms. The van der Waals surface area contributed by atoms with Crippen LogP contribution in [0.4, 0.5) is 4.39 Å². The lowest BCUT2D eigenvalue weighted by Gasteiger charge is -2.00. The Bertz CT molecular complexity index is 271. The Labute approximate surface area is 69.5 Å². The van der Waals surface area contributed by atoms with Gasteiger partial charge in [-0.3, -0.25) is 11.1 Å². The van der Waals surface area contributed by atoms with E-state index in [0.717, 1.165) is 0 Å². The minimum atomic E-state index is -0.299. The van der Waals surface area contributed by atoms with Crippen LogP contribution in [-0.4, -0.2) is 12.4 Å². The second-order valence-electron chi connectivity index (χ2n) is 2.32. The molecule has 0 aliphatic carbocycles. The second kappa shape index (κ2) is 3.71. The van der Waals surface area contributed by atoms with Gasteiger partial charge in [0.25, 0.3) is 5.84 Å². The van der Waals surface area contributed by atoms with Crippen LogP contribution in [0, 0.1) is 5.82 Å². The second-order valence-corrected chi connectivity index (χ2v) is 2.32. The summed E-state index contributed by atoms with van der Waals surface area (Å²) >= 11 is 0. The van der Waals surface area contributed by atoms with Crippen molar-refractivity contribution in [1.82, 2.24) is 0 Å². The van der Waals surface area contributed by atoms with Crippen molar-refractivity contribution >= 4 is 5.84 Å². The molecule has 1 rings (SSSR count). The number of nitrogens with two attached hydrogens (primary N) is 2. The summed E-state index contributed by atoms with van der Waals surface area (Å²) in [5.41, 5.74) is 5.17. The van der Waals surface area contributed by atoms with Gasteiger partial charge >= 0.3 is 0 Å². The smallest absolute Gasteiger partial charge is 0.276 e. The van der Waals surface area contributed by atoms with E-state index in [1.807, 2.05) is 0 Å². The van der Waals surface area contributed by atoms with E-state index in [1.54, 1.807) is 0 Å². The van der Waals surface area contributed by atoms with Crippen molar-refractivity contribution in [3.05, 3.63) is 30.1 Å². The van der Waals surface area contributed by atoms with E-state index in [1.165, 1.54) is 24.3 Å². The molecular weight excluding hydrogens is 159 g/mol. The molecule has 0 atom stereocenters. The van der Waals surface area contributed by atoms with Gasteiger partial charge in [0.05, 0.1) is 0 Å². The lowest BCUT2D eigenvalue weighted by molar-refractivity contribution is -0.119. The molecule has 0 aliphatic heterocycles. The minimum Gasteiger partial charge on any atom is -0.481 e. The third-order valence-electron chi connectivity index (χ3n) is 1.22. The van der Waals surface area contributed by atoms with Crippen molar-refractivity contribution in [3.63, 3.8) is 0 Å². The van der Waals surface area contributed by atoms with Crippen molar-refractivity contribution in [2.75, 3.05) is 6.61 Å². The number of benzene rings is 1. The molecule has 3 nitrogen and oxygen atoms in total. The standard InChI is InChI=1S/C8H9FN2O/c9-6-1-3-7(4-2-6)12-5-8(10)11/h1-4H,5H2,(H3,10,11)/p+1. The van der Waals surface area contributed by atoms with Crippen LogP contribution in [0.15, 0.2) is 24.3 Å². The zero-order valence-corrected chi connectivity index (χ0v) is 6.46. The minimum absolute atomic E-state index is 0.144. The predicted molar refractivity (Wildman–Crippen MR) is 43.0 cm³/mol. The lowest BCUT2D eigenvalue weighted by atomic mass is 10.3. The van der Waals surface area contributed by atoms with Crippen LogP contribution in [0.3, 0.4) is 0 Å². The third-order valence-corrected chi connectivity index (χ3v) is 1.22. The highest BCUT2D eigenvalue weighted by Crippen LogP contribution is 2.10. The van der Waals surface area contributed by atoms with Crippen LogP contribution in [0.5, 0.6) is 5.75 Å². The monoisotopic (exact) mass is 169 g/mol. The van der Waals surface area contributed by atoms with Crippen LogP contribution < -0.4 is 15.9 Å². The zero-order valence-electron chi connectivity index (χ0n) is 6.46. The fourth-order valence-corrected chi connectivity index (χ4v) is 0.697. The highest BCUT2D eigenvalue weighted by molar-refractivity contribution is 5.75. The Hall–Kier alpha value is -1.58. The largest absolute Gasteiger partial charge is 0.481 e. The van der Waals surface area contributed by atoms with E-state index >= 15 is 0 Å². The Morgan fingerprint density at radius 3 is 2.50 bits per heavy atom. The van der Waals surface area contributed by atoms with Gasteiger partial charge in [-0.05, 0) is 24.3 Å². The number of rotatable bonds is 3. The number of hydrogen-bond acceptors (Lipinski definition) is 1. The maximum atomic E-state index is 12.4. The third kappa shape index (κ3) is 2.57. The van der Waals surface area contributed by atoms with Gasteiger partial charge in [0.1, 0.15) is 11.6 Å². The first-order valence-electron chi connectivity index (χ1n) is 3.43. The average molecular weight is 169 g/mol. The number of halogens is 1. The molecule has 1 aromatic rings. The van der Waals surface area contributed by atoms with Crippen molar-refractivity contribution < 1.29 is 14.5 Å². The van der Waals surface area contributed by atoms with Crippen LogP contribution >= 0.6 is 0 Å². The molecule has 0 aromatic heterocycles. The van der Waals surface area contributed by atoms with E-state index in [9.17, 15) is 4.39 Å². The average Bonchev–Trinajstić information content (AvgIpc) is 2.03. The van der Waals surface area contributed by atoms with Gasteiger partial charge in [-0.2, -0.15) is 0 Å². The van der Waals surface area contributed by atoms with Gasteiger partial charge in [0, 0.05) is 0 Å². The van der Waals surface area contributed by atoms with Gasteiger partial charge in [-0.25, -0.2) is 4.39 Å². The van der Waals surface area contributed by atoms with E-state index in [-0.39, 0.29) is 18.3 Å². The molecule has 1 aromatic carbocycles. The van der Waals surface area contributed by atoms with Gasteiger partial charge < -0.3 is 4.74 Å². The number of hydrogen-bond donors (Lipinski definition) is 2. The fraction of sp³-hybridized carbons (Fsp3) is 0.125. The molecule has 0 bridgehead atoms. The molecule has 4 N–H and O–H groups in total. The van der Waals surface area contributed by atoms with E-state index in [4.69, 9.17) is 15.9 Å². The molecule has 0 saturated heterocycles. The molecule has 0 saturated carbocycles. The van der Waals surface area contributed by atoms with Crippen molar-refractivity contribution in [2.45, 2.75) is 0 Å². The van der Waals surface area contributed by atoms with E-state index < -0.39 is 0 Å². The van der Waals surface area contributed by atoms with Crippen LogP contribution in [0.25, 0.3) is 0 Å². The van der Waals surface area contributed by atoms with Gasteiger partial charge in [-0.1, -0.05) is 0 Å². The summed E-state index contributed by atoms with van der Waals surface area (Å²) in [7, 11) is 0. The first kappa shape index (κ1) is 8.52. The van der Waals surface area contributed by atoms with Crippen LogP contribution in [-0.2, 0) is 0 Å². The van der Waals surface area contributed by atoms with Gasteiger partial charge in [-0.15, -0.1) is 0 Å². The summed E-state index contributed by atoms with van der Waals surface area (Å²) in [6.07, 6.45) is 0. The summed E-state index contributed by atoms with van der Waals surface area (Å²) in [4.78, 5) is 0. The first-order chi connectivity index (χ1) is 5.68. The Kier molecular flexibility index (Phi) is 2.63. The quantitative estimate of drug-likeness (QED) is 0.465. The molecular formula is C8H10FN2O+. The van der Waals surface area contributed by atoms with E-state index in [0.29, 0.717) is 5.75 Å². The van der Waals surface area contributed by atoms with Gasteiger partial charge in [0.15, 0.2) is 6.61 Å². The molecule has 64 valence electrons. The van der Waals surface area contributed by atoms with Crippen molar-refractivity contribution in [3.8, 4) is 5.75 Å². The fourth-order valence-electron chi connectivity index (χ4n) is 0.697. The topological polar surface area (TPSA) is 60.8 Å². The maximum absolute atomic E-state index is 12.4. The molecule has 0 unspecified atom stereocenters. The van der Waals surface area contributed by atoms with Crippen LogP contribution in [0.2, 0.25) is 0 Å². The molecule has 0 amide bonds. The van der Waals surface area contributed by atoms with Gasteiger partial charge in [0.2, 0.25) is 0 Å². The predicted octanol–water partition coefficient (Wildman–Crippen LogP) is -0.679. The van der Waals surface area contributed by atoms with Crippen molar-refractivity contribution in [1.29, 1.82) is 0 Å². The summed E-state index contributed by atoms with van der Waals surface area (Å²) in [6, 6.07) is 5.64. The molecule has 12 heavy (non-hydrogen) atoms. The molecule has 0 heterocycles. The summed E-state index contributed by atoms with van der Waals surface area (Å²) in [5.74, 6) is 0.441. The zero-order chi connectivity index (χ0) is 8.97. The molecule has 0 radical (unpaired) electrons. The Balaban J connectivity index is 2.53. The normalized spacial score (nSPS) is 9.42.